The zero-order chi connectivity index (χ0) is 14.7. The zero-order valence-electron chi connectivity index (χ0n) is 11.9. The molecule has 1 unspecified atom stereocenters. The van der Waals surface area contributed by atoms with E-state index in [4.69, 9.17) is 16.3 Å². The van der Waals surface area contributed by atoms with Crippen LogP contribution < -0.4 is 4.74 Å². The molecule has 0 fully saturated rings. The third-order valence-electron chi connectivity index (χ3n) is 3.53. The molecule has 0 saturated carbocycles. The molecule has 1 atom stereocenters. The van der Waals surface area contributed by atoms with Crippen molar-refractivity contribution in [2.24, 2.45) is 0 Å². The third-order valence-corrected chi connectivity index (χ3v) is 4.68. The zero-order valence-corrected chi connectivity index (χ0v) is 14.3. The van der Waals surface area contributed by atoms with Gasteiger partial charge in [-0.05, 0) is 54.7 Å². The van der Waals surface area contributed by atoms with Crippen molar-refractivity contribution in [2.75, 3.05) is 7.11 Å². The van der Waals surface area contributed by atoms with E-state index in [0.29, 0.717) is 0 Å². The lowest BCUT2D eigenvalue weighted by molar-refractivity contribution is 0.414. The Balaban J connectivity index is 2.19. The number of halogens is 2. The number of hydrogen-bond acceptors (Lipinski definition) is 1. The summed E-state index contributed by atoms with van der Waals surface area (Å²) >= 11 is 10.1. The van der Waals surface area contributed by atoms with Crippen LogP contribution in [-0.4, -0.2) is 7.11 Å². The minimum atomic E-state index is 0.197. The molecule has 106 valence electrons. The van der Waals surface area contributed by atoms with Gasteiger partial charge in [-0.2, -0.15) is 0 Å². The Kier molecular flexibility index (Phi) is 5.11. The van der Waals surface area contributed by atoms with Crippen molar-refractivity contribution in [3.63, 3.8) is 0 Å². The fourth-order valence-electron chi connectivity index (χ4n) is 2.14. The highest BCUT2D eigenvalue weighted by Crippen LogP contribution is 2.34. The highest BCUT2D eigenvalue weighted by molar-refractivity contribution is 9.09. The van der Waals surface area contributed by atoms with Crippen LogP contribution in [0.25, 0.3) is 0 Å². The average Bonchev–Trinajstić information content (AvgIpc) is 2.42. The molecule has 0 aliphatic heterocycles. The molecule has 0 aliphatic rings. The summed E-state index contributed by atoms with van der Waals surface area (Å²) in [4.78, 5) is 0.197. The van der Waals surface area contributed by atoms with Crippen molar-refractivity contribution in [1.29, 1.82) is 0 Å². The van der Waals surface area contributed by atoms with Gasteiger partial charge in [0.2, 0.25) is 0 Å². The predicted octanol–water partition coefficient (Wildman–Crippen LogP) is 5.64. The Morgan fingerprint density at radius 1 is 1.10 bits per heavy atom. The molecule has 0 aromatic heterocycles. The number of hydrogen-bond donors (Lipinski definition) is 0. The summed E-state index contributed by atoms with van der Waals surface area (Å²) in [7, 11) is 1.64. The first-order valence-electron chi connectivity index (χ1n) is 6.55. The molecule has 1 nitrogen and oxygen atoms in total. The van der Waals surface area contributed by atoms with Crippen LogP contribution >= 0.6 is 27.5 Å². The first-order chi connectivity index (χ1) is 9.51. The van der Waals surface area contributed by atoms with E-state index in [1.54, 1.807) is 7.11 Å². The molecule has 0 spiro atoms. The van der Waals surface area contributed by atoms with Crippen molar-refractivity contribution in [3.05, 3.63) is 63.7 Å². The molecule has 0 saturated heterocycles. The lowest BCUT2D eigenvalue weighted by Crippen LogP contribution is -1.98. The summed E-state index contributed by atoms with van der Waals surface area (Å²) in [5.41, 5.74) is 5.04. The summed E-state index contributed by atoms with van der Waals surface area (Å²) in [5, 5.41) is 0.732. The number of methoxy groups -OCH3 is 1. The summed E-state index contributed by atoms with van der Waals surface area (Å²) in [5.74, 6) is 0.782. The van der Waals surface area contributed by atoms with Gasteiger partial charge in [-0.1, -0.05) is 51.8 Å². The number of aryl methyl sites for hydroxylation is 2. The van der Waals surface area contributed by atoms with Gasteiger partial charge in [-0.25, -0.2) is 0 Å². The molecule has 0 N–H and O–H groups in total. The van der Waals surface area contributed by atoms with Crippen molar-refractivity contribution in [2.45, 2.75) is 25.1 Å². The standard InChI is InChI=1S/C17H18BrClO/c1-11-4-5-13(8-12(11)2)9-16(18)15-7-6-14(20-3)10-17(15)19/h4-8,10,16H,9H2,1-3H3. The molecule has 0 aliphatic carbocycles. The molecule has 20 heavy (non-hydrogen) atoms. The van der Waals surface area contributed by atoms with Crippen LogP contribution in [0.15, 0.2) is 36.4 Å². The summed E-state index contributed by atoms with van der Waals surface area (Å²) in [6.07, 6.45) is 0.910. The van der Waals surface area contributed by atoms with Crippen LogP contribution in [0.1, 0.15) is 27.1 Å². The molecule has 0 heterocycles. The molecule has 2 rings (SSSR count). The SMILES string of the molecule is COc1ccc(C(Br)Cc2ccc(C)c(C)c2)c(Cl)c1. The summed E-state index contributed by atoms with van der Waals surface area (Å²) in [6.45, 7) is 4.27. The van der Waals surface area contributed by atoms with E-state index in [9.17, 15) is 0 Å². The van der Waals surface area contributed by atoms with Gasteiger partial charge in [0.15, 0.2) is 0 Å². The first-order valence-corrected chi connectivity index (χ1v) is 7.84. The van der Waals surface area contributed by atoms with Gasteiger partial charge < -0.3 is 4.74 Å². The fourth-order valence-corrected chi connectivity index (χ4v) is 3.34. The topological polar surface area (TPSA) is 9.23 Å². The number of rotatable bonds is 4. The third kappa shape index (κ3) is 3.56. The van der Waals surface area contributed by atoms with Crippen LogP contribution in [0.2, 0.25) is 5.02 Å². The predicted molar refractivity (Wildman–Crippen MR) is 89.3 cm³/mol. The van der Waals surface area contributed by atoms with Crippen LogP contribution in [-0.2, 0) is 6.42 Å². The van der Waals surface area contributed by atoms with Gasteiger partial charge in [0.25, 0.3) is 0 Å². The largest absolute Gasteiger partial charge is 0.497 e. The molecular weight excluding hydrogens is 336 g/mol. The van der Waals surface area contributed by atoms with E-state index >= 15 is 0 Å². The van der Waals surface area contributed by atoms with Gasteiger partial charge in [0, 0.05) is 9.85 Å². The van der Waals surface area contributed by atoms with Gasteiger partial charge >= 0.3 is 0 Å². The fraction of sp³-hybridized carbons (Fsp3) is 0.294. The van der Waals surface area contributed by atoms with Crippen LogP contribution in [0.5, 0.6) is 5.75 Å². The van der Waals surface area contributed by atoms with Gasteiger partial charge in [-0.15, -0.1) is 0 Å². The lowest BCUT2D eigenvalue weighted by Gasteiger charge is -2.14. The van der Waals surface area contributed by atoms with Crippen LogP contribution in [0.3, 0.4) is 0 Å². The van der Waals surface area contributed by atoms with E-state index in [-0.39, 0.29) is 4.83 Å². The van der Waals surface area contributed by atoms with Crippen molar-refractivity contribution in [1.82, 2.24) is 0 Å². The van der Waals surface area contributed by atoms with Crippen molar-refractivity contribution < 1.29 is 4.74 Å². The summed E-state index contributed by atoms with van der Waals surface area (Å²) < 4.78 is 5.18. The molecule has 0 radical (unpaired) electrons. The highest BCUT2D eigenvalue weighted by atomic mass is 79.9. The van der Waals surface area contributed by atoms with E-state index in [1.165, 1.54) is 16.7 Å². The minimum absolute atomic E-state index is 0.197. The Morgan fingerprint density at radius 2 is 1.85 bits per heavy atom. The lowest BCUT2D eigenvalue weighted by atomic mass is 10.0. The highest BCUT2D eigenvalue weighted by Gasteiger charge is 2.13. The molecule has 0 bridgehead atoms. The van der Waals surface area contributed by atoms with E-state index in [1.807, 2.05) is 18.2 Å². The molecule has 0 amide bonds. The van der Waals surface area contributed by atoms with Gasteiger partial charge in [-0.3, -0.25) is 0 Å². The molecule has 3 heteroatoms. The first kappa shape index (κ1) is 15.4. The van der Waals surface area contributed by atoms with E-state index in [2.05, 4.69) is 48.0 Å². The Bertz CT molecular complexity index is 610. The summed E-state index contributed by atoms with van der Waals surface area (Å²) in [6, 6.07) is 12.4. The van der Waals surface area contributed by atoms with Crippen LogP contribution in [0.4, 0.5) is 0 Å². The second-order valence-electron chi connectivity index (χ2n) is 4.98. The Morgan fingerprint density at radius 3 is 2.45 bits per heavy atom. The molecule has 2 aromatic carbocycles. The maximum Gasteiger partial charge on any atom is 0.120 e. The Hall–Kier alpha value is -0.990. The maximum absolute atomic E-state index is 6.32. The molecular formula is C17H18BrClO. The minimum Gasteiger partial charge on any atom is -0.497 e. The second-order valence-corrected chi connectivity index (χ2v) is 6.49. The van der Waals surface area contributed by atoms with E-state index in [0.717, 1.165) is 22.8 Å². The maximum atomic E-state index is 6.32. The number of benzene rings is 2. The van der Waals surface area contributed by atoms with Crippen LogP contribution in [0, 0.1) is 13.8 Å². The number of ether oxygens (including phenoxy) is 1. The Labute approximate surface area is 134 Å². The quantitative estimate of drug-likeness (QED) is 0.646. The molecule has 2 aromatic rings. The number of alkyl halides is 1. The smallest absolute Gasteiger partial charge is 0.120 e. The second kappa shape index (κ2) is 6.64. The van der Waals surface area contributed by atoms with Gasteiger partial charge in [0.1, 0.15) is 5.75 Å². The normalized spacial score (nSPS) is 12.2. The van der Waals surface area contributed by atoms with E-state index < -0.39 is 0 Å². The van der Waals surface area contributed by atoms with Gasteiger partial charge in [0.05, 0.1) is 7.11 Å². The average molecular weight is 354 g/mol. The van der Waals surface area contributed by atoms with Crippen molar-refractivity contribution >= 4 is 27.5 Å². The monoisotopic (exact) mass is 352 g/mol. The van der Waals surface area contributed by atoms with Crippen molar-refractivity contribution in [3.8, 4) is 5.75 Å².